The fraction of sp³-hybridized carbons (Fsp3) is 0.286. The fourth-order valence-electron chi connectivity index (χ4n) is 4.36. The molecule has 0 radical (unpaired) electrons. The highest BCUT2D eigenvalue weighted by Crippen LogP contribution is 2.28. The van der Waals surface area contributed by atoms with Gasteiger partial charge < -0.3 is 14.5 Å². The standard InChI is InChI=1S/C28H28ClFN2O3/c1-31(18-20-7-3-2-4-8-20)27(33)17-21-19-32(28(34)24-9-5-6-10-25(24)30)16-15-26(21)35-23-13-11-22(29)12-14-23/h2-14,21,26H,15-19H2,1H3/t21-,26-/m0/s1. The second-order valence-corrected chi connectivity index (χ2v) is 9.27. The molecule has 0 spiro atoms. The number of likely N-dealkylation sites (tertiary alicyclic amines) is 1. The van der Waals surface area contributed by atoms with Crippen LogP contribution in [0.1, 0.15) is 28.8 Å². The second-order valence-electron chi connectivity index (χ2n) is 8.83. The Labute approximate surface area is 210 Å². The lowest BCUT2D eigenvalue weighted by atomic mass is 9.90. The van der Waals surface area contributed by atoms with Gasteiger partial charge in [-0.25, -0.2) is 4.39 Å². The molecule has 1 aliphatic rings. The summed E-state index contributed by atoms with van der Waals surface area (Å²) in [5, 5.41) is 0.608. The van der Waals surface area contributed by atoms with E-state index < -0.39 is 5.82 Å². The quantitative estimate of drug-likeness (QED) is 0.439. The Morgan fingerprint density at radius 1 is 1.03 bits per heavy atom. The molecule has 0 saturated carbocycles. The molecule has 0 unspecified atom stereocenters. The molecule has 35 heavy (non-hydrogen) atoms. The first-order chi connectivity index (χ1) is 16.9. The number of piperidine rings is 1. The first-order valence-electron chi connectivity index (χ1n) is 11.6. The summed E-state index contributed by atoms with van der Waals surface area (Å²) in [6, 6.07) is 22.8. The molecule has 5 nitrogen and oxygen atoms in total. The highest BCUT2D eigenvalue weighted by Gasteiger charge is 2.35. The Balaban J connectivity index is 1.49. The van der Waals surface area contributed by atoms with Crippen molar-refractivity contribution in [3.63, 3.8) is 0 Å². The van der Waals surface area contributed by atoms with Crippen molar-refractivity contribution in [3.8, 4) is 5.75 Å². The summed E-state index contributed by atoms with van der Waals surface area (Å²) in [4.78, 5) is 29.5. The Kier molecular flexibility index (Phi) is 8.03. The molecule has 0 aliphatic carbocycles. The van der Waals surface area contributed by atoms with Crippen LogP contribution in [0.5, 0.6) is 5.75 Å². The van der Waals surface area contributed by atoms with E-state index in [1.54, 1.807) is 53.2 Å². The topological polar surface area (TPSA) is 49.9 Å². The molecule has 7 heteroatoms. The van der Waals surface area contributed by atoms with Gasteiger partial charge in [-0.05, 0) is 42.0 Å². The van der Waals surface area contributed by atoms with Crippen LogP contribution in [0.2, 0.25) is 5.02 Å². The largest absolute Gasteiger partial charge is 0.490 e. The number of halogens is 2. The van der Waals surface area contributed by atoms with E-state index in [1.165, 1.54) is 12.1 Å². The predicted molar refractivity (Wildman–Crippen MR) is 134 cm³/mol. The van der Waals surface area contributed by atoms with Gasteiger partial charge in [-0.15, -0.1) is 0 Å². The van der Waals surface area contributed by atoms with Crippen LogP contribution in [0, 0.1) is 11.7 Å². The molecule has 0 N–H and O–H groups in total. The van der Waals surface area contributed by atoms with Gasteiger partial charge in [0, 0.05) is 50.5 Å². The fourth-order valence-corrected chi connectivity index (χ4v) is 4.49. The van der Waals surface area contributed by atoms with Gasteiger partial charge in [-0.1, -0.05) is 54.1 Å². The zero-order valence-electron chi connectivity index (χ0n) is 19.6. The van der Waals surface area contributed by atoms with Crippen LogP contribution >= 0.6 is 11.6 Å². The van der Waals surface area contributed by atoms with E-state index in [0.29, 0.717) is 36.8 Å². The molecule has 4 rings (SSSR count). The van der Waals surface area contributed by atoms with Gasteiger partial charge in [-0.2, -0.15) is 0 Å². The minimum absolute atomic E-state index is 0.0378. The molecule has 182 valence electrons. The van der Waals surface area contributed by atoms with Crippen LogP contribution in [0.25, 0.3) is 0 Å². The maximum absolute atomic E-state index is 14.3. The number of rotatable bonds is 7. The highest BCUT2D eigenvalue weighted by molar-refractivity contribution is 6.30. The van der Waals surface area contributed by atoms with Crippen LogP contribution in [0.3, 0.4) is 0 Å². The van der Waals surface area contributed by atoms with Crippen LogP contribution in [-0.2, 0) is 11.3 Å². The van der Waals surface area contributed by atoms with Crippen molar-refractivity contribution in [2.24, 2.45) is 5.92 Å². The van der Waals surface area contributed by atoms with E-state index in [9.17, 15) is 14.0 Å². The van der Waals surface area contributed by atoms with Crippen molar-refractivity contribution < 1.29 is 18.7 Å². The summed E-state index contributed by atoms with van der Waals surface area (Å²) in [6.45, 7) is 1.21. The van der Waals surface area contributed by atoms with E-state index in [2.05, 4.69) is 0 Å². The third kappa shape index (κ3) is 6.40. The lowest BCUT2D eigenvalue weighted by molar-refractivity contribution is -0.133. The number of amides is 2. The minimum atomic E-state index is -0.549. The van der Waals surface area contributed by atoms with Crippen molar-refractivity contribution >= 4 is 23.4 Å². The molecular weight excluding hydrogens is 467 g/mol. The third-order valence-electron chi connectivity index (χ3n) is 6.28. The van der Waals surface area contributed by atoms with Crippen molar-refractivity contribution in [2.45, 2.75) is 25.5 Å². The van der Waals surface area contributed by atoms with Crippen molar-refractivity contribution in [3.05, 3.63) is 101 Å². The van der Waals surface area contributed by atoms with Crippen molar-refractivity contribution in [1.82, 2.24) is 9.80 Å². The monoisotopic (exact) mass is 494 g/mol. The number of carbonyl (C=O) groups excluding carboxylic acids is 2. The Hall–Kier alpha value is -3.38. The van der Waals surface area contributed by atoms with Crippen molar-refractivity contribution in [1.29, 1.82) is 0 Å². The average molecular weight is 495 g/mol. The zero-order valence-corrected chi connectivity index (χ0v) is 20.3. The summed E-state index contributed by atoms with van der Waals surface area (Å²) in [5.41, 5.74) is 1.08. The minimum Gasteiger partial charge on any atom is -0.490 e. The molecule has 3 aromatic carbocycles. The molecule has 1 saturated heterocycles. The molecule has 0 aromatic heterocycles. The summed E-state index contributed by atoms with van der Waals surface area (Å²) >= 11 is 6.00. The Morgan fingerprint density at radius 2 is 1.71 bits per heavy atom. The number of nitrogens with zero attached hydrogens (tertiary/aromatic N) is 2. The van der Waals surface area contributed by atoms with Gasteiger partial charge in [0.25, 0.3) is 5.91 Å². The number of hydrogen-bond acceptors (Lipinski definition) is 3. The van der Waals surface area contributed by atoms with E-state index in [1.807, 2.05) is 30.3 Å². The average Bonchev–Trinajstić information content (AvgIpc) is 2.87. The molecule has 2 amide bonds. The molecular formula is C28H28ClFN2O3. The van der Waals surface area contributed by atoms with E-state index >= 15 is 0 Å². The van der Waals surface area contributed by atoms with E-state index in [0.717, 1.165) is 5.56 Å². The molecule has 1 aliphatic heterocycles. The molecule has 2 atom stereocenters. The first-order valence-corrected chi connectivity index (χ1v) is 12.0. The zero-order chi connectivity index (χ0) is 24.8. The van der Waals surface area contributed by atoms with Crippen LogP contribution < -0.4 is 4.74 Å². The van der Waals surface area contributed by atoms with Gasteiger partial charge >= 0.3 is 0 Å². The molecule has 0 bridgehead atoms. The van der Waals surface area contributed by atoms with Gasteiger partial charge in [0.05, 0.1) is 5.56 Å². The van der Waals surface area contributed by atoms with Crippen LogP contribution in [0.4, 0.5) is 4.39 Å². The number of hydrogen-bond donors (Lipinski definition) is 0. The van der Waals surface area contributed by atoms with E-state index in [-0.39, 0.29) is 35.8 Å². The molecule has 1 heterocycles. The number of ether oxygens (including phenoxy) is 1. The van der Waals surface area contributed by atoms with E-state index in [4.69, 9.17) is 16.3 Å². The maximum Gasteiger partial charge on any atom is 0.256 e. The summed E-state index contributed by atoms with van der Waals surface area (Å²) in [6.07, 6.45) is 0.473. The highest BCUT2D eigenvalue weighted by atomic mass is 35.5. The number of benzene rings is 3. The Morgan fingerprint density at radius 3 is 2.43 bits per heavy atom. The maximum atomic E-state index is 14.3. The smallest absolute Gasteiger partial charge is 0.256 e. The third-order valence-corrected chi connectivity index (χ3v) is 6.53. The van der Waals surface area contributed by atoms with Crippen LogP contribution in [0.15, 0.2) is 78.9 Å². The van der Waals surface area contributed by atoms with Gasteiger partial charge in [0.15, 0.2) is 0 Å². The summed E-state index contributed by atoms with van der Waals surface area (Å²) in [5.74, 6) is -0.552. The van der Waals surface area contributed by atoms with Crippen molar-refractivity contribution in [2.75, 3.05) is 20.1 Å². The van der Waals surface area contributed by atoms with Gasteiger partial charge in [0.2, 0.25) is 5.91 Å². The summed E-state index contributed by atoms with van der Waals surface area (Å²) < 4.78 is 20.5. The predicted octanol–water partition coefficient (Wildman–Crippen LogP) is 5.44. The SMILES string of the molecule is CN(Cc1ccccc1)C(=O)C[C@H]1CN(C(=O)c2ccccc2F)CC[C@@H]1Oc1ccc(Cl)cc1. The van der Waals surface area contributed by atoms with Gasteiger partial charge in [-0.3, -0.25) is 9.59 Å². The number of carbonyl (C=O) groups is 2. The lowest BCUT2D eigenvalue weighted by Crippen LogP contribution is -2.49. The first kappa shape index (κ1) is 24.7. The molecule has 3 aromatic rings. The van der Waals surface area contributed by atoms with Gasteiger partial charge in [0.1, 0.15) is 17.7 Å². The summed E-state index contributed by atoms with van der Waals surface area (Å²) in [7, 11) is 1.77. The van der Waals surface area contributed by atoms with Crippen LogP contribution in [-0.4, -0.2) is 47.9 Å². The Bertz CT molecular complexity index is 1160. The second kappa shape index (κ2) is 11.4. The normalized spacial score (nSPS) is 17.6. The lowest BCUT2D eigenvalue weighted by Gasteiger charge is -2.39. The molecule has 1 fully saturated rings.